The molecule has 11 heteroatoms. The maximum Gasteiger partial charge on any atom is 0.417 e. The normalized spacial score (nSPS) is 20.3. The second-order valence-corrected chi connectivity index (χ2v) is 9.70. The van der Waals surface area contributed by atoms with Crippen molar-refractivity contribution in [3.8, 4) is 11.9 Å². The summed E-state index contributed by atoms with van der Waals surface area (Å²) in [5, 5.41) is 12.2. The summed E-state index contributed by atoms with van der Waals surface area (Å²) in [5.41, 5.74) is 0.155. The van der Waals surface area contributed by atoms with Crippen LogP contribution in [0, 0.1) is 11.3 Å². The smallest absolute Gasteiger partial charge is 0.417 e. The molecule has 37 heavy (non-hydrogen) atoms. The van der Waals surface area contributed by atoms with Crippen LogP contribution in [-0.2, 0) is 10.9 Å². The molecule has 0 bridgehead atoms. The van der Waals surface area contributed by atoms with E-state index in [1.165, 1.54) is 12.1 Å². The van der Waals surface area contributed by atoms with Gasteiger partial charge in [0, 0.05) is 44.0 Å². The molecule has 1 aliphatic heterocycles. The van der Waals surface area contributed by atoms with Gasteiger partial charge < -0.3 is 24.6 Å². The molecule has 1 saturated heterocycles. The molecule has 4 rings (SSSR count). The Morgan fingerprint density at radius 1 is 1.14 bits per heavy atom. The van der Waals surface area contributed by atoms with E-state index < -0.39 is 11.7 Å². The van der Waals surface area contributed by atoms with Crippen molar-refractivity contribution in [2.24, 2.45) is 0 Å². The average Bonchev–Trinajstić information content (AvgIpc) is 2.92. The monoisotopic (exact) mass is 533 g/mol. The van der Waals surface area contributed by atoms with Crippen LogP contribution in [0.2, 0.25) is 0 Å². The number of halogens is 3. The molecule has 0 amide bonds. The van der Waals surface area contributed by atoms with Crippen molar-refractivity contribution >= 4 is 28.6 Å². The number of nitrogens with zero attached hydrogens (tertiary/aromatic N) is 4. The highest BCUT2D eigenvalue weighted by Crippen LogP contribution is 2.34. The van der Waals surface area contributed by atoms with Gasteiger partial charge in [-0.2, -0.15) is 18.4 Å². The molecular formula is C26H30F3N5O2S. The molecule has 1 aromatic carbocycles. The summed E-state index contributed by atoms with van der Waals surface area (Å²) < 4.78 is 50.9. The summed E-state index contributed by atoms with van der Waals surface area (Å²) >= 11 is 5.63. The Balaban J connectivity index is 1.18. The third kappa shape index (κ3) is 7.02. The zero-order valence-electron chi connectivity index (χ0n) is 20.6. The number of benzene rings is 1. The number of hydrogen-bond acceptors (Lipinski definition) is 7. The van der Waals surface area contributed by atoms with E-state index in [1.807, 2.05) is 18.3 Å². The number of anilines is 2. The van der Waals surface area contributed by atoms with Crippen molar-refractivity contribution < 1.29 is 22.6 Å². The highest BCUT2D eigenvalue weighted by Gasteiger charge is 2.34. The first-order valence-electron chi connectivity index (χ1n) is 12.3. The second-order valence-electron chi connectivity index (χ2n) is 9.23. The van der Waals surface area contributed by atoms with Crippen molar-refractivity contribution in [2.75, 3.05) is 50.1 Å². The number of nitriles is 1. The largest absolute Gasteiger partial charge is 0.481 e. The number of aromatic nitrogens is 1. The molecule has 0 atom stereocenters. The standard InChI is InChI=1S/C26H30F3N5O2S/c1-35-24-9-6-21(16-31-24)33-10-12-34(13-11-33)25(37)17-36-22-7-4-19(5-8-22)32-20-3-2-18(15-30)23(14-20)26(27,28)29/h2-3,6,9,14,16,19,22,32H,4-5,7-8,10-13,17H2,1H3/t19-,22-. The Morgan fingerprint density at radius 2 is 1.86 bits per heavy atom. The molecule has 2 heterocycles. The Morgan fingerprint density at radius 3 is 2.46 bits per heavy atom. The Kier molecular flexibility index (Phi) is 8.71. The van der Waals surface area contributed by atoms with Gasteiger partial charge in [-0.05, 0) is 49.9 Å². The third-order valence-electron chi connectivity index (χ3n) is 6.86. The lowest BCUT2D eigenvalue weighted by molar-refractivity contribution is -0.137. The van der Waals surface area contributed by atoms with Crippen LogP contribution < -0.4 is 15.0 Å². The molecule has 0 spiro atoms. The number of piperazine rings is 1. The summed E-state index contributed by atoms with van der Waals surface area (Å²) in [5.74, 6) is 0.593. The molecule has 1 N–H and O–H groups in total. The Labute approximate surface area is 220 Å². The quantitative estimate of drug-likeness (QED) is 0.506. The van der Waals surface area contributed by atoms with Crippen molar-refractivity contribution in [3.05, 3.63) is 47.7 Å². The minimum absolute atomic E-state index is 0.0568. The van der Waals surface area contributed by atoms with Crippen molar-refractivity contribution in [3.63, 3.8) is 0 Å². The van der Waals surface area contributed by atoms with E-state index in [0.29, 0.717) is 18.2 Å². The molecule has 198 valence electrons. The molecule has 1 aliphatic carbocycles. The van der Waals surface area contributed by atoms with Gasteiger partial charge >= 0.3 is 6.18 Å². The maximum atomic E-state index is 13.2. The topological polar surface area (TPSA) is 73.7 Å². The van der Waals surface area contributed by atoms with E-state index in [0.717, 1.165) is 68.6 Å². The molecule has 0 unspecified atom stereocenters. The summed E-state index contributed by atoms with van der Waals surface area (Å²) in [6.45, 7) is 3.71. The fourth-order valence-electron chi connectivity index (χ4n) is 4.75. The van der Waals surface area contributed by atoms with Crippen molar-refractivity contribution in [1.29, 1.82) is 5.26 Å². The van der Waals surface area contributed by atoms with Crippen LogP contribution in [0.3, 0.4) is 0 Å². The van der Waals surface area contributed by atoms with Crippen molar-refractivity contribution in [2.45, 2.75) is 44.0 Å². The molecule has 1 saturated carbocycles. The van der Waals surface area contributed by atoms with Crippen LogP contribution in [0.4, 0.5) is 24.5 Å². The Hall–Kier alpha value is -3.10. The fourth-order valence-corrected chi connectivity index (χ4v) is 5.00. The van der Waals surface area contributed by atoms with Gasteiger partial charge in [0.05, 0.1) is 48.9 Å². The van der Waals surface area contributed by atoms with E-state index in [9.17, 15) is 13.2 Å². The summed E-state index contributed by atoms with van der Waals surface area (Å²) in [6, 6.07) is 9.29. The first kappa shape index (κ1) is 26.9. The van der Waals surface area contributed by atoms with Crippen LogP contribution in [0.5, 0.6) is 5.88 Å². The number of methoxy groups -OCH3 is 1. The number of ether oxygens (including phenoxy) is 2. The van der Waals surface area contributed by atoms with E-state index in [2.05, 4.69) is 20.1 Å². The van der Waals surface area contributed by atoms with Crippen LogP contribution >= 0.6 is 12.2 Å². The predicted octanol–water partition coefficient (Wildman–Crippen LogP) is 4.87. The number of alkyl halides is 3. The number of thiocarbonyl (C=S) groups is 1. The molecule has 7 nitrogen and oxygen atoms in total. The van der Waals surface area contributed by atoms with Gasteiger partial charge in [-0.1, -0.05) is 12.2 Å². The van der Waals surface area contributed by atoms with Gasteiger partial charge in [-0.25, -0.2) is 4.98 Å². The van der Waals surface area contributed by atoms with Crippen LogP contribution in [0.1, 0.15) is 36.8 Å². The average molecular weight is 534 g/mol. The second kappa shape index (κ2) is 12.0. The first-order chi connectivity index (χ1) is 17.8. The van der Waals surface area contributed by atoms with Gasteiger partial charge in [0.1, 0.15) is 4.99 Å². The molecule has 1 aromatic heterocycles. The zero-order valence-corrected chi connectivity index (χ0v) is 21.4. The minimum atomic E-state index is -4.56. The van der Waals surface area contributed by atoms with Crippen molar-refractivity contribution in [1.82, 2.24) is 9.88 Å². The Bertz CT molecular complexity index is 1110. The van der Waals surface area contributed by atoms with E-state index in [4.69, 9.17) is 27.0 Å². The summed E-state index contributed by atoms with van der Waals surface area (Å²) in [4.78, 5) is 9.52. The molecule has 2 aliphatic rings. The van der Waals surface area contributed by atoms with E-state index in [-0.39, 0.29) is 17.7 Å². The zero-order chi connectivity index (χ0) is 26.4. The van der Waals surface area contributed by atoms with Crippen LogP contribution in [0.15, 0.2) is 36.5 Å². The van der Waals surface area contributed by atoms with Crippen LogP contribution in [-0.4, -0.2) is 66.9 Å². The highest BCUT2D eigenvalue weighted by atomic mass is 32.1. The maximum absolute atomic E-state index is 13.2. The van der Waals surface area contributed by atoms with Crippen LogP contribution in [0.25, 0.3) is 0 Å². The van der Waals surface area contributed by atoms with Gasteiger partial charge in [-0.15, -0.1) is 0 Å². The molecule has 0 radical (unpaired) electrons. The molecule has 2 fully saturated rings. The lowest BCUT2D eigenvalue weighted by Gasteiger charge is -2.37. The number of hydrogen-bond donors (Lipinski definition) is 1. The minimum Gasteiger partial charge on any atom is -0.481 e. The molecule has 2 aromatic rings. The lowest BCUT2D eigenvalue weighted by atomic mass is 9.92. The van der Waals surface area contributed by atoms with E-state index >= 15 is 0 Å². The number of rotatable bonds is 7. The van der Waals surface area contributed by atoms with Gasteiger partial charge in [0.2, 0.25) is 5.88 Å². The van der Waals surface area contributed by atoms with Gasteiger partial charge in [0.15, 0.2) is 0 Å². The van der Waals surface area contributed by atoms with Gasteiger partial charge in [0.25, 0.3) is 0 Å². The van der Waals surface area contributed by atoms with E-state index in [1.54, 1.807) is 13.2 Å². The predicted molar refractivity (Wildman–Crippen MR) is 139 cm³/mol. The summed E-state index contributed by atoms with van der Waals surface area (Å²) in [7, 11) is 1.60. The van der Waals surface area contributed by atoms with Gasteiger partial charge in [-0.3, -0.25) is 0 Å². The molecular weight excluding hydrogens is 503 g/mol. The number of nitrogens with one attached hydrogen (secondary N) is 1. The number of pyridine rings is 1. The fraction of sp³-hybridized carbons (Fsp3) is 0.500. The lowest BCUT2D eigenvalue weighted by Crippen LogP contribution is -2.49. The highest BCUT2D eigenvalue weighted by molar-refractivity contribution is 7.80. The summed E-state index contributed by atoms with van der Waals surface area (Å²) in [6.07, 6.45) is 0.515. The third-order valence-corrected chi connectivity index (χ3v) is 7.24. The SMILES string of the molecule is COc1ccc(N2CCN(C(=S)CO[C@H]3CC[C@H](Nc4ccc(C#N)c(C(F)(F)F)c4)CC3)CC2)cn1. The first-order valence-corrected chi connectivity index (χ1v) is 12.7.